The Morgan fingerprint density at radius 3 is 1.30 bits per heavy atom. The molecule has 3 unspecified atom stereocenters. The smallest absolute Gasteiger partial charge is 0.104 e. The third-order valence-corrected chi connectivity index (χ3v) is 12.7. The molecule has 1 saturated heterocycles. The molecular formula is C50H84ClN3O15S. The van der Waals surface area contributed by atoms with Gasteiger partial charge in [0.2, 0.25) is 0 Å². The molecule has 0 aliphatic carbocycles. The molecule has 3 atom stereocenters. The van der Waals surface area contributed by atoms with Gasteiger partial charge in [-0.2, -0.15) is 0 Å². The normalized spacial score (nSPS) is 15.6. The molecule has 0 saturated carbocycles. The van der Waals surface area contributed by atoms with Crippen LogP contribution in [0.4, 0.5) is 11.4 Å². The maximum Gasteiger partial charge on any atom is 0.104 e. The fourth-order valence-corrected chi connectivity index (χ4v) is 8.54. The van der Waals surface area contributed by atoms with Crippen molar-refractivity contribution in [2.75, 3.05) is 231 Å². The van der Waals surface area contributed by atoms with Crippen molar-refractivity contribution in [2.24, 2.45) is 0 Å². The van der Waals surface area contributed by atoms with E-state index < -0.39 is 0 Å². The van der Waals surface area contributed by atoms with Crippen molar-refractivity contribution in [1.29, 1.82) is 0 Å². The summed E-state index contributed by atoms with van der Waals surface area (Å²) in [7, 11) is 6.51. The number of ether oxygens (including phenoxy) is 15. The van der Waals surface area contributed by atoms with E-state index in [-0.39, 0.29) is 18.3 Å². The summed E-state index contributed by atoms with van der Waals surface area (Å²) in [4.78, 5) is 10.1. The van der Waals surface area contributed by atoms with Crippen molar-refractivity contribution in [2.45, 2.75) is 34.5 Å². The van der Waals surface area contributed by atoms with Gasteiger partial charge in [0.1, 0.15) is 18.3 Å². The van der Waals surface area contributed by atoms with Crippen LogP contribution in [-0.2, 0) is 71.1 Å². The summed E-state index contributed by atoms with van der Waals surface area (Å²) in [5, 5.41) is 0.779. The van der Waals surface area contributed by atoms with Crippen molar-refractivity contribution in [3.63, 3.8) is 0 Å². The highest BCUT2D eigenvalue weighted by Crippen LogP contribution is 2.48. The largest absolute Gasteiger partial charge is 0.382 e. The number of para-hydroxylation sites is 1. The van der Waals surface area contributed by atoms with E-state index in [9.17, 15) is 0 Å². The van der Waals surface area contributed by atoms with E-state index in [1.165, 1.54) is 21.2 Å². The van der Waals surface area contributed by atoms with Crippen molar-refractivity contribution >= 4 is 34.7 Å². The standard InChI is InChI=1S/C50H84ClN3O15S/c1-55-37-44(56-2)39-68-41-46(58-4)42-69-40-45(57-3)38-67-35-34-66-33-32-65-31-30-64-29-28-63-27-26-62-25-24-61-23-22-60-21-20-59-19-18-53-16-14-52(15-17-53)12-7-13-54-47-8-5-6-9-49(47)70-50-11-10-43(51)36-48(50)54/h5-6,8-11,36,44-46H,7,12-35,37-42H2,1-4H3. The lowest BCUT2D eigenvalue weighted by molar-refractivity contribution is -0.0919. The second-order valence-corrected chi connectivity index (χ2v) is 18.0. The Kier molecular flexibility index (Phi) is 35.2. The number of fused-ring (bicyclic) bond motifs is 2. The second-order valence-electron chi connectivity index (χ2n) is 16.4. The summed E-state index contributed by atoms with van der Waals surface area (Å²) >= 11 is 8.23. The highest BCUT2D eigenvalue weighted by molar-refractivity contribution is 7.99. The number of rotatable bonds is 46. The molecule has 2 aliphatic heterocycles. The average Bonchev–Trinajstić information content (AvgIpc) is 3.38. The van der Waals surface area contributed by atoms with Crippen LogP contribution in [0.5, 0.6) is 0 Å². The first-order valence-electron chi connectivity index (χ1n) is 24.8. The Balaban J connectivity index is 0.808. The SMILES string of the molecule is COCC(COCC(COCC(COCCOCCOCCOCCOCCOCCOCCOCCOCCN1CCN(CCCN2c3ccccc3Sc3ccc(Cl)cc32)CC1)OC)OC)OC. The Labute approximate surface area is 427 Å². The molecule has 2 aliphatic rings. The predicted octanol–water partition coefficient (Wildman–Crippen LogP) is 4.82. The van der Waals surface area contributed by atoms with E-state index >= 15 is 0 Å². The quantitative estimate of drug-likeness (QED) is 0.0834. The average molecular weight is 1030 g/mol. The van der Waals surface area contributed by atoms with Crippen LogP contribution in [-0.4, -0.2) is 254 Å². The molecule has 2 heterocycles. The summed E-state index contributed by atoms with van der Waals surface area (Å²) in [6.45, 7) is 18.4. The van der Waals surface area contributed by atoms with E-state index in [0.717, 1.165) is 57.3 Å². The first-order valence-corrected chi connectivity index (χ1v) is 25.9. The van der Waals surface area contributed by atoms with Crippen molar-refractivity contribution in [1.82, 2.24) is 9.80 Å². The minimum absolute atomic E-state index is 0.122. The van der Waals surface area contributed by atoms with Crippen LogP contribution >= 0.6 is 23.4 Å². The van der Waals surface area contributed by atoms with E-state index in [2.05, 4.69) is 51.1 Å². The van der Waals surface area contributed by atoms with Gasteiger partial charge in [0.05, 0.1) is 163 Å². The zero-order valence-corrected chi connectivity index (χ0v) is 44.0. The minimum Gasteiger partial charge on any atom is -0.382 e. The Morgan fingerprint density at radius 1 is 0.429 bits per heavy atom. The molecule has 0 aromatic heterocycles. The van der Waals surface area contributed by atoms with Gasteiger partial charge in [0.25, 0.3) is 0 Å². The van der Waals surface area contributed by atoms with Crippen LogP contribution in [0.15, 0.2) is 52.3 Å². The summed E-state index contributed by atoms with van der Waals surface area (Å²) in [5.74, 6) is 0. The number of halogens is 1. The number of nitrogens with zero attached hydrogens (tertiary/aromatic N) is 3. The summed E-state index contributed by atoms with van der Waals surface area (Å²) < 4.78 is 83.3. The molecule has 70 heavy (non-hydrogen) atoms. The van der Waals surface area contributed by atoms with Crippen LogP contribution in [0.25, 0.3) is 0 Å². The molecule has 0 N–H and O–H groups in total. The van der Waals surface area contributed by atoms with Crippen LogP contribution in [0, 0.1) is 0 Å². The van der Waals surface area contributed by atoms with Crippen LogP contribution in [0.3, 0.4) is 0 Å². The number of benzene rings is 2. The van der Waals surface area contributed by atoms with Crippen molar-refractivity contribution in [3.05, 3.63) is 47.5 Å². The van der Waals surface area contributed by atoms with Gasteiger partial charge >= 0.3 is 0 Å². The highest BCUT2D eigenvalue weighted by Gasteiger charge is 2.24. The predicted molar refractivity (Wildman–Crippen MR) is 270 cm³/mol. The zero-order chi connectivity index (χ0) is 49.5. The molecule has 0 radical (unpaired) electrons. The van der Waals surface area contributed by atoms with Gasteiger partial charge in [-0.05, 0) is 43.3 Å². The first kappa shape index (κ1) is 60.8. The lowest BCUT2D eigenvalue weighted by Gasteiger charge is -2.36. The molecule has 0 spiro atoms. The maximum atomic E-state index is 6.40. The van der Waals surface area contributed by atoms with E-state index in [4.69, 9.17) is 82.7 Å². The van der Waals surface area contributed by atoms with E-state index in [0.29, 0.717) is 152 Å². The van der Waals surface area contributed by atoms with Gasteiger partial charge in [-0.3, -0.25) is 4.90 Å². The van der Waals surface area contributed by atoms with Gasteiger partial charge in [-0.25, -0.2) is 0 Å². The third-order valence-electron chi connectivity index (χ3n) is 11.3. The third kappa shape index (κ3) is 26.9. The molecule has 1 fully saturated rings. The topological polar surface area (TPSA) is 148 Å². The zero-order valence-electron chi connectivity index (χ0n) is 42.4. The molecule has 0 amide bonds. The number of hydrogen-bond acceptors (Lipinski definition) is 19. The van der Waals surface area contributed by atoms with Crippen LogP contribution < -0.4 is 4.90 Å². The molecule has 2 aromatic rings. The second kappa shape index (κ2) is 40.6. The Morgan fingerprint density at radius 2 is 0.829 bits per heavy atom. The number of hydrogen-bond donors (Lipinski definition) is 0. The lowest BCUT2D eigenvalue weighted by Crippen LogP contribution is -2.47. The molecule has 20 heteroatoms. The molecule has 4 rings (SSSR count). The molecule has 18 nitrogen and oxygen atoms in total. The van der Waals surface area contributed by atoms with Gasteiger partial charge in [0, 0.05) is 82.5 Å². The van der Waals surface area contributed by atoms with Gasteiger partial charge in [0.15, 0.2) is 0 Å². The summed E-state index contributed by atoms with van der Waals surface area (Å²) in [6.07, 6.45) is 0.562. The molecule has 2 aromatic carbocycles. The molecule has 0 bridgehead atoms. The van der Waals surface area contributed by atoms with Gasteiger partial charge < -0.3 is 80.9 Å². The van der Waals surface area contributed by atoms with E-state index in [1.54, 1.807) is 28.4 Å². The maximum absolute atomic E-state index is 6.40. The minimum atomic E-state index is -0.205. The molecular weight excluding hydrogens is 950 g/mol. The Bertz CT molecular complexity index is 1560. The monoisotopic (exact) mass is 1030 g/mol. The van der Waals surface area contributed by atoms with E-state index in [1.807, 2.05) is 17.8 Å². The van der Waals surface area contributed by atoms with Gasteiger partial charge in [-0.15, -0.1) is 0 Å². The lowest BCUT2D eigenvalue weighted by atomic mass is 10.2. The molecule has 402 valence electrons. The Hall–Kier alpha value is -1.80. The fraction of sp³-hybridized carbons (Fsp3) is 0.760. The van der Waals surface area contributed by atoms with Crippen molar-refractivity contribution < 1.29 is 71.1 Å². The number of piperazine rings is 1. The summed E-state index contributed by atoms with van der Waals surface area (Å²) in [5.41, 5.74) is 2.48. The highest BCUT2D eigenvalue weighted by atomic mass is 35.5. The van der Waals surface area contributed by atoms with Crippen molar-refractivity contribution in [3.8, 4) is 0 Å². The number of methoxy groups -OCH3 is 4. The van der Waals surface area contributed by atoms with Crippen LogP contribution in [0.1, 0.15) is 6.42 Å². The van der Waals surface area contributed by atoms with Crippen LogP contribution in [0.2, 0.25) is 5.02 Å². The number of anilines is 2. The summed E-state index contributed by atoms with van der Waals surface area (Å²) in [6, 6.07) is 14.9. The van der Waals surface area contributed by atoms with Gasteiger partial charge in [-0.1, -0.05) is 35.5 Å². The fourth-order valence-electron chi connectivity index (χ4n) is 7.30. The first-order chi connectivity index (χ1) is 34.5.